The summed E-state index contributed by atoms with van der Waals surface area (Å²) in [5.74, 6) is 0.752. The lowest BCUT2D eigenvalue weighted by molar-refractivity contribution is 0.0321. The van der Waals surface area contributed by atoms with Crippen molar-refractivity contribution in [3.8, 4) is 23.1 Å². The number of ether oxygens (including phenoxy) is 3. The van der Waals surface area contributed by atoms with E-state index in [1.54, 1.807) is 12.1 Å². The maximum Gasteiger partial charge on any atom is 0.147 e. The van der Waals surface area contributed by atoms with E-state index in [0.29, 0.717) is 26.0 Å². The zero-order valence-electron chi connectivity index (χ0n) is 19.3. The minimum absolute atomic E-state index is 0.0478. The normalized spacial score (nSPS) is 21.2. The van der Waals surface area contributed by atoms with Crippen LogP contribution in [0.4, 0.5) is 5.69 Å². The Bertz CT molecular complexity index is 1230. The lowest BCUT2D eigenvalue weighted by Crippen LogP contribution is -2.19. The van der Waals surface area contributed by atoms with E-state index >= 15 is 0 Å². The summed E-state index contributed by atoms with van der Waals surface area (Å²) in [6.45, 7) is 3.37. The predicted octanol–water partition coefficient (Wildman–Crippen LogP) is 4.97. The predicted molar refractivity (Wildman–Crippen MR) is 134 cm³/mol. The van der Waals surface area contributed by atoms with Gasteiger partial charge in [-0.15, -0.1) is 0 Å². The average molecular weight is 477 g/mol. The van der Waals surface area contributed by atoms with Crippen LogP contribution in [-0.2, 0) is 9.47 Å². The fourth-order valence-electron chi connectivity index (χ4n) is 4.91. The first kappa shape index (κ1) is 21.8. The Morgan fingerprint density at radius 3 is 2.65 bits per heavy atom. The highest BCUT2D eigenvalue weighted by Gasteiger charge is 2.28. The summed E-state index contributed by atoms with van der Waals surface area (Å²) in [4.78, 5) is 0. The van der Waals surface area contributed by atoms with Gasteiger partial charge in [-0.25, -0.2) is 4.31 Å². The van der Waals surface area contributed by atoms with E-state index in [0.717, 1.165) is 59.4 Å². The first-order chi connectivity index (χ1) is 16.7. The number of nitriles is 1. The molecule has 2 saturated heterocycles. The molecule has 3 fully saturated rings. The molecule has 0 spiro atoms. The van der Waals surface area contributed by atoms with Crippen LogP contribution in [0.1, 0.15) is 30.9 Å². The Kier molecular flexibility index (Phi) is 5.87. The van der Waals surface area contributed by atoms with Crippen molar-refractivity contribution in [2.45, 2.75) is 31.4 Å². The van der Waals surface area contributed by atoms with Crippen LogP contribution in [-0.4, -0.2) is 55.1 Å². The van der Waals surface area contributed by atoms with E-state index in [1.807, 2.05) is 12.1 Å². The number of nitrogens with zero attached hydrogens (tertiary/aromatic N) is 4. The summed E-state index contributed by atoms with van der Waals surface area (Å²) in [5, 5.41) is 11.2. The smallest absolute Gasteiger partial charge is 0.147 e. The first-order valence-electron chi connectivity index (χ1n) is 11.9. The summed E-state index contributed by atoms with van der Waals surface area (Å²) in [7, 11) is 2.11. The van der Waals surface area contributed by atoms with E-state index in [2.05, 4.69) is 56.6 Å². The van der Waals surface area contributed by atoms with Gasteiger partial charge < -0.3 is 23.1 Å². The lowest BCUT2D eigenvalue weighted by Gasteiger charge is -2.30. The second-order valence-electron chi connectivity index (χ2n) is 9.14. The fourth-order valence-corrected chi connectivity index (χ4v) is 5.78. The van der Waals surface area contributed by atoms with Gasteiger partial charge in [-0.1, -0.05) is 12.1 Å². The molecule has 8 heteroatoms. The van der Waals surface area contributed by atoms with Crippen molar-refractivity contribution < 1.29 is 14.2 Å². The quantitative estimate of drug-likeness (QED) is 0.466. The van der Waals surface area contributed by atoms with Gasteiger partial charge in [0.2, 0.25) is 0 Å². The van der Waals surface area contributed by atoms with Gasteiger partial charge in [-0.05, 0) is 62.2 Å². The number of fused-ring (bicyclic) bond motifs is 1. The molecule has 0 N–H and O–H groups in total. The Hall–Kier alpha value is -2.70. The molecular formula is C26H28N4O3S. The van der Waals surface area contributed by atoms with Crippen LogP contribution in [0.15, 0.2) is 42.5 Å². The molecule has 1 saturated carbocycles. The first-order valence-corrected chi connectivity index (χ1v) is 12.6. The van der Waals surface area contributed by atoms with Crippen molar-refractivity contribution >= 4 is 28.7 Å². The van der Waals surface area contributed by atoms with E-state index < -0.39 is 0 Å². The van der Waals surface area contributed by atoms with Gasteiger partial charge in [-0.3, -0.25) is 0 Å². The Labute approximate surface area is 204 Å². The molecular weight excluding hydrogens is 448 g/mol. The van der Waals surface area contributed by atoms with Gasteiger partial charge in [0.1, 0.15) is 31.3 Å². The summed E-state index contributed by atoms with van der Waals surface area (Å²) in [6.07, 6.45) is 3.48. The lowest BCUT2D eigenvalue weighted by atomic mass is 9.92. The van der Waals surface area contributed by atoms with Crippen LogP contribution >= 0.6 is 12.1 Å². The standard InChI is InChI=1S/C26H28N4O3S/c1-28-11-12-29(34-28)19-7-5-18(6-8-19)26-24(14-27)23-13-21(32-16-22-15-31-17-33-22)9-10-25(23)30(26)20-3-2-4-20/h5-10,13,20,22H,2-4,11-12,15-17H2,1H3. The minimum Gasteiger partial charge on any atom is -0.491 e. The van der Waals surface area contributed by atoms with Gasteiger partial charge >= 0.3 is 0 Å². The number of benzene rings is 2. The molecule has 1 unspecified atom stereocenters. The molecule has 3 aromatic rings. The Balaban J connectivity index is 1.38. The molecule has 34 heavy (non-hydrogen) atoms. The maximum atomic E-state index is 10.3. The van der Waals surface area contributed by atoms with E-state index in [9.17, 15) is 5.26 Å². The third-order valence-corrected chi connectivity index (χ3v) is 7.99. The molecule has 1 aromatic heterocycles. The summed E-state index contributed by atoms with van der Waals surface area (Å²) in [6, 6.07) is 17.7. The molecule has 176 valence electrons. The number of rotatable bonds is 6. The Morgan fingerprint density at radius 2 is 2.00 bits per heavy atom. The van der Waals surface area contributed by atoms with Crippen LogP contribution in [0.5, 0.6) is 5.75 Å². The summed E-state index contributed by atoms with van der Waals surface area (Å²) < 4.78 is 23.7. The van der Waals surface area contributed by atoms with Gasteiger partial charge in [0.05, 0.1) is 23.4 Å². The third-order valence-electron chi connectivity index (χ3n) is 6.94. The van der Waals surface area contributed by atoms with Crippen molar-refractivity contribution in [1.82, 2.24) is 8.87 Å². The molecule has 3 heterocycles. The second-order valence-corrected chi connectivity index (χ2v) is 10.4. The highest BCUT2D eigenvalue weighted by Crippen LogP contribution is 2.43. The molecule has 2 aromatic carbocycles. The zero-order chi connectivity index (χ0) is 23.1. The number of hydrogen-bond donors (Lipinski definition) is 0. The maximum absolute atomic E-state index is 10.3. The summed E-state index contributed by atoms with van der Waals surface area (Å²) >= 11 is 1.75. The Morgan fingerprint density at radius 1 is 1.15 bits per heavy atom. The topological polar surface area (TPSA) is 62.9 Å². The van der Waals surface area contributed by atoms with Crippen molar-refractivity contribution in [2.24, 2.45) is 0 Å². The molecule has 3 aliphatic rings. The van der Waals surface area contributed by atoms with Crippen LogP contribution in [0.2, 0.25) is 0 Å². The largest absolute Gasteiger partial charge is 0.491 e. The SMILES string of the molecule is CN1CCN(c2ccc(-c3c(C#N)c4cc(OCC5COCO5)ccc4n3C3CCC3)cc2)S1. The molecule has 0 amide bonds. The fraction of sp³-hybridized carbons (Fsp3) is 0.423. The van der Waals surface area contributed by atoms with E-state index in [4.69, 9.17) is 14.2 Å². The molecule has 2 aliphatic heterocycles. The van der Waals surface area contributed by atoms with Gasteiger partial charge in [0.15, 0.2) is 0 Å². The number of anilines is 1. The van der Waals surface area contributed by atoms with Crippen LogP contribution in [0.25, 0.3) is 22.2 Å². The highest BCUT2D eigenvalue weighted by atomic mass is 32.2. The molecule has 6 rings (SSSR count). The van der Waals surface area contributed by atoms with Crippen molar-refractivity contribution in [1.29, 1.82) is 5.26 Å². The van der Waals surface area contributed by atoms with Crippen molar-refractivity contribution in [3.05, 3.63) is 48.0 Å². The summed E-state index contributed by atoms with van der Waals surface area (Å²) in [5.41, 5.74) is 5.11. The average Bonchev–Trinajstić information content (AvgIpc) is 3.56. The van der Waals surface area contributed by atoms with Crippen molar-refractivity contribution in [3.63, 3.8) is 0 Å². The monoisotopic (exact) mass is 476 g/mol. The number of aromatic nitrogens is 1. The number of likely N-dealkylation sites (N-methyl/N-ethyl adjacent to an activating group) is 1. The molecule has 0 radical (unpaired) electrons. The minimum atomic E-state index is -0.0478. The molecule has 1 atom stereocenters. The van der Waals surface area contributed by atoms with Crippen LogP contribution in [0.3, 0.4) is 0 Å². The second kappa shape index (κ2) is 9.16. The molecule has 7 nitrogen and oxygen atoms in total. The molecule has 0 bridgehead atoms. The highest BCUT2D eigenvalue weighted by molar-refractivity contribution is 7.98. The van der Waals surface area contributed by atoms with Crippen LogP contribution in [0, 0.1) is 11.3 Å². The number of hydrogen-bond acceptors (Lipinski definition) is 7. The van der Waals surface area contributed by atoms with Crippen LogP contribution < -0.4 is 9.04 Å². The van der Waals surface area contributed by atoms with Gasteiger partial charge in [0, 0.05) is 42.3 Å². The van der Waals surface area contributed by atoms with Gasteiger partial charge in [0.25, 0.3) is 0 Å². The zero-order valence-corrected chi connectivity index (χ0v) is 20.1. The van der Waals surface area contributed by atoms with E-state index in [-0.39, 0.29) is 6.10 Å². The van der Waals surface area contributed by atoms with Gasteiger partial charge in [-0.2, -0.15) is 5.26 Å². The molecule has 1 aliphatic carbocycles. The van der Waals surface area contributed by atoms with Crippen molar-refractivity contribution in [2.75, 3.05) is 44.4 Å². The van der Waals surface area contributed by atoms with E-state index in [1.165, 1.54) is 12.1 Å². The third kappa shape index (κ3) is 3.93.